The third-order valence-electron chi connectivity index (χ3n) is 3.41. The monoisotopic (exact) mass is 270 g/mol. The number of rotatable bonds is 5. The highest BCUT2D eigenvalue weighted by Crippen LogP contribution is 2.25. The summed E-state index contributed by atoms with van der Waals surface area (Å²) in [5, 5.41) is 0. The van der Waals surface area contributed by atoms with Crippen LogP contribution in [0.1, 0.15) is 18.1 Å². The van der Waals surface area contributed by atoms with Gasteiger partial charge in [-0.25, -0.2) is 0 Å². The van der Waals surface area contributed by atoms with Crippen molar-refractivity contribution in [2.45, 2.75) is 20.4 Å². The molecular formula is C17H22N2O. The zero-order valence-corrected chi connectivity index (χ0v) is 12.4. The second kappa shape index (κ2) is 6.33. The van der Waals surface area contributed by atoms with Crippen LogP contribution >= 0.6 is 0 Å². The van der Waals surface area contributed by atoms with Crippen LogP contribution in [0.4, 0.5) is 11.4 Å². The predicted octanol–water partition coefficient (Wildman–Crippen LogP) is 3.61. The average molecular weight is 270 g/mol. The van der Waals surface area contributed by atoms with Gasteiger partial charge in [-0.05, 0) is 38.1 Å². The third-order valence-corrected chi connectivity index (χ3v) is 3.41. The molecule has 0 heterocycles. The largest absolute Gasteiger partial charge is 0.496 e. The van der Waals surface area contributed by atoms with E-state index in [0.29, 0.717) is 0 Å². The van der Waals surface area contributed by atoms with E-state index in [4.69, 9.17) is 10.5 Å². The molecule has 0 radical (unpaired) electrons. The van der Waals surface area contributed by atoms with Crippen LogP contribution in [0.2, 0.25) is 0 Å². The van der Waals surface area contributed by atoms with E-state index in [0.717, 1.165) is 30.2 Å². The molecule has 2 aromatic rings. The van der Waals surface area contributed by atoms with Gasteiger partial charge in [0.15, 0.2) is 0 Å². The highest BCUT2D eigenvalue weighted by atomic mass is 16.5. The molecule has 2 N–H and O–H groups in total. The van der Waals surface area contributed by atoms with Crippen LogP contribution in [-0.2, 0) is 6.54 Å². The Morgan fingerprint density at radius 2 is 1.95 bits per heavy atom. The molecule has 2 rings (SSSR count). The second-order valence-electron chi connectivity index (χ2n) is 4.92. The van der Waals surface area contributed by atoms with Crippen molar-refractivity contribution in [1.82, 2.24) is 0 Å². The number of nitrogens with two attached hydrogens (primary N) is 1. The summed E-state index contributed by atoms with van der Waals surface area (Å²) < 4.78 is 5.45. The Labute approximate surface area is 121 Å². The molecule has 2 aromatic carbocycles. The Balaban J connectivity index is 2.28. The fourth-order valence-electron chi connectivity index (χ4n) is 2.34. The van der Waals surface area contributed by atoms with Gasteiger partial charge in [-0.2, -0.15) is 0 Å². The number of nitrogens with zero attached hydrogens (tertiary/aromatic N) is 1. The summed E-state index contributed by atoms with van der Waals surface area (Å²) in [7, 11) is 1.71. The molecule has 0 spiro atoms. The molecule has 0 saturated carbocycles. The van der Waals surface area contributed by atoms with Crippen molar-refractivity contribution in [2.24, 2.45) is 0 Å². The number of ether oxygens (including phenoxy) is 1. The quantitative estimate of drug-likeness (QED) is 0.843. The second-order valence-corrected chi connectivity index (χ2v) is 4.92. The Morgan fingerprint density at radius 1 is 1.15 bits per heavy atom. The lowest BCUT2D eigenvalue weighted by Crippen LogP contribution is -2.22. The maximum Gasteiger partial charge on any atom is 0.123 e. The van der Waals surface area contributed by atoms with Crippen molar-refractivity contribution in [3.8, 4) is 5.75 Å². The van der Waals surface area contributed by atoms with Crippen LogP contribution in [0, 0.1) is 6.92 Å². The number of hydrogen-bond donors (Lipinski definition) is 1. The van der Waals surface area contributed by atoms with Gasteiger partial charge in [-0.3, -0.25) is 0 Å². The summed E-state index contributed by atoms with van der Waals surface area (Å²) in [6, 6.07) is 14.3. The fourth-order valence-corrected chi connectivity index (χ4v) is 2.34. The maximum absolute atomic E-state index is 5.87. The summed E-state index contributed by atoms with van der Waals surface area (Å²) in [6.45, 7) is 5.97. The molecule has 0 aliphatic carbocycles. The van der Waals surface area contributed by atoms with E-state index in [2.05, 4.69) is 36.9 Å². The topological polar surface area (TPSA) is 38.5 Å². The third kappa shape index (κ3) is 3.23. The van der Waals surface area contributed by atoms with Gasteiger partial charge in [0.1, 0.15) is 5.75 Å². The van der Waals surface area contributed by atoms with Crippen molar-refractivity contribution < 1.29 is 4.74 Å². The molecule has 0 aliphatic rings. The van der Waals surface area contributed by atoms with Gasteiger partial charge in [-0.1, -0.05) is 23.8 Å². The first-order valence-corrected chi connectivity index (χ1v) is 6.88. The predicted molar refractivity (Wildman–Crippen MR) is 85.3 cm³/mol. The minimum absolute atomic E-state index is 0.789. The molecular weight excluding hydrogens is 248 g/mol. The van der Waals surface area contributed by atoms with Crippen LogP contribution in [0.15, 0.2) is 42.5 Å². The van der Waals surface area contributed by atoms with Gasteiger partial charge in [0.2, 0.25) is 0 Å². The van der Waals surface area contributed by atoms with E-state index >= 15 is 0 Å². The molecule has 0 aliphatic heterocycles. The van der Waals surface area contributed by atoms with Crippen molar-refractivity contribution in [2.75, 3.05) is 24.3 Å². The minimum atomic E-state index is 0.789. The number of hydrogen-bond acceptors (Lipinski definition) is 3. The first-order chi connectivity index (χ1) is 9.63. The highest BCUT2D eigenvalue weighted by molar-refractivity contribution is 5.56. The van der Waals surface area contributed by atoms with E-state index in [1.165, 1.54) is 11.1 Å². The Morgan fingerprint density at radius 3 is 2.60 bits per heavy atom. The van der Waals surface area contributed by atoms with Gasteiger partial charge in [0, 0.05) is 30.0 Å². The zero-order chi connectivity index (χ0) is 14.5. The first kappa shape index (κ1) is 14.3. The molecule has 106 valence electrons. The molecule has 3 nitrogen and oxygen atoms in total. The number of aryl methyl sites for hydroxylation is 1. The van der Waals surface area contributed by atoms with E-state index in [9.17, 15) is 0 Å². The molecule has 20 heavy (non-hydrogen) atoms. The average Bonchev–Trinajstić information content (AvgIpc) is 2.45. The van der Waals surface area contributed by atoms with Crippen LogP contribution in [0.3, 0.4) is 0 Å². The highest BCUT2D eigenvalue weighted by Gasteiger charge is 2.10. The van der Waals surface area contributed by atoms with Gasteiger partial charge in [0.25, 0.3) is 0 Å². The lowest BCUT2D eigenvalue weighted by molar-refractivity contribution is 0.409. The molecule has 0 bridgehead atoms. The maximum atomic E-state index is 5.87. The molecule has 0 fully saturated rings. The van der Waals surface area contributed by atoms with Gasteiger partial charge in [-0.15, -0.1) is 0 Å². The molecule has 0 amide bonds. The summed E-state index contributed by atoms with van der Waals surface area (Å²) in [5.74, 6) is 0.929. The summed E-state index contributed by atoms with van der Waals surface area (Å²) in [5.41, 5.74) is 10.2. The molecule has 3 heteroatoms. The van der Waals surface area contributed by atoms with E-state index in [-0.39, 0.29) is 0 Å². The lowest BCUT2D eigenvalue weighted by atomic mass is 10.1. The lowest BCUT2D eigenvalue weighted by Gasteiger charge is -2.24. The number of methoxy groups -OCH3 is 1. The van der Waals surface area contributed by atoms with Gasteiger partial charge >= 0.3 is 0 Å². The molecule has 0 atom stereocenters. The number of benzene rings is 2. The summed E-state index contributed by atoms with van der Waals surface area (Å²) >= 11 is 0. The minimum Gasteiger partial charge on any atom is -0.496 e. The van der Waals surface area contributed by atoms with E-state index in [1.807, 2.05) is 24.3 Å². The molecule has 0 saturated heterocycles. The Bertz CT molecular complexity index is 581. The Kier molecular flexibility index (Phi) is 4.51. The van der Waals surface area contributed by atoms with Crippen LogP contribution in [0.5, 0.6) is 5.75 Å². The van der Waals surface area contributed by atoms with Gasteiger partial charge in [0.05, 0.1) is 7.11 Å². The fraction of sp³-hybridized carbons (Fsp3) is 0.294. The van der Waals surface area contributed by atoms with Crippen molar-refractivity contribution in [3.05, 3.63) is 53.6 Å². The van der Waals surface area contributed by atoms with Crippen molar-refractivity contribution in [3.63, 3.8) is 0 Å². The van der Waals surface area contributed by atoms with Crippen LogP contribution < -0.4 is 15.4 Å². The van der Waals surface area contributed by atoms with E-state index in [1.54, 1.807) is 7.11 Å². The van der Waals surface area contributed by atoms with Crippen molar-refractivity contribution >= 4 is 11.4 Å². The number of anilines is 2. The Hall–Kier alpha value is -2.16. The van der Waals surface area contributed by atoms with Gasteiger partial charge < -0.3 is 15.4 Å². The van der Waals surface area contributed by atoms with Crippen molar-refractivity contribution in [1.29, 1.82) is 0 Å². The number of nitrogen functional groups attached to an aromatic ring is 1. The SMILES string of the molecule is CCN(Cc1cc(C)ccc1OC)c1cccc(N)c1. The summed E-state index contributed by atoms with van der Waals surface area (Å²) in [4.78, 5) is 2.29. The summed E-state index contributed by atoms with van der Waals surface area (Å²) in [6.07, 6.45) is 0. The first-order valence-electron chi connectivity index (χ1n) is 6.88. The normalized spacial score (nSPS) is 10.3. The van der Waals surface area contributed by atoms with Crippen LogP contribution in [-0.4, -0.2) is 13.7 Å². The smallest absolute Gasteiger partial charge is 0.123 e. The standard InChI is InChI=1S/C17H22N2O/c1-4-19(16-7-5-6-15(18)11-16)12-14-10-13(2)8-9-17(14)20-3/h5-11H,4,12,18H2,1-3H3. The van der Waals surface area contributed by atoms with E-state index < -0.39 is 0 Å². The van der Waals surface area contributed by atoms with Crippen LogP contribution in [0.25, 0.3) is 0 Å². The molecule has 0 unspecified atom stereocenters. The molecule has 0 aromatic heterocycles. The zero-order valence-electron chi connectivity index (χ0n) is 12.4.